The van der Waals surface area contributed by atoms with E-state index in [1.165, 1.54) is 6.42 Å². The number of hydrogen-bond acceptors (Lipinski definition) is 2. The zero-order chi connectivity index (χ0) is 14.5. The summed E-state index contributed by atoms with van der Waals surface area (Å²) in [5, 5.41) is 15.1. The molecule has 20 heavy (non-hydrogen) atoms. The fraction of sp³-hybridized carbons (Fsp3) is 0.867. The number of nitrogens with one attached hydrogen (secondary N) is 2. The normalized spacial score (nSPS) is 33.6. The monoisotopic (exact) mass is 282 g/mol. The van der Waals surface area contributed by atoms with Gasteiger partial charge in [-0.05, 0) is 43.9 Å². The van der Waals surface area contributed by atoms with Crippen LogP contribution in [0, 0.1) is 17.8 Å². The number of urea groups is 1. The number of hydrogen-bond donors (Lipinski definition) is 3. The lowest BCUT2D eigenvalue weighted by Gasteiger charge is -2.28. The molecule has 3 N–H and O–H groups in total. The summed E-state index contributed by atoms with van der Waals surface area (Å²) >= 11 is 0. The fourth-order valence-electron chi connectivity index (χ4n) is 3.58. The van der Waals surface area contributed by atoms with Gasteiger partial charge in [0.25, 0.3) is 0 Å². The largest absolute Gasteiger partial charge is 0.481 e. The van der Waals surface area contributed by atoms with Gasteiger partial charge in [0.05, 0.1) is 5.92 Å². The highest BCUT2D eigenvalue weighted by atomic mass is 16.4. The Morgan fingerprint density at radius 2 is 1.90 bits per heavy atom. The van der Waals surface area contributed by atoms with Gasteiger partial charge in [-0.3, -0.25) is 4.79 Å². The molecule has 5 heteroatoms. The van der Waals surface area contributed by atoms with Crippen molar-refractivity contribution in [2.45, 2.75) is 57.9 Å². The summed E-state index contributed by atoms with van der Waals surface area (Å²) in [6.07, 6.45) is 6.97. The van der Waals surface area contributed by atoms with Crippen LogP contribution in [0.15, 0.2) is 0 Å². The number of carbonyl (C=O) groups excluding carboxylic acids is 1. The second-order valence-electron chi connectivity index (χ2n) is 6.46. The van der Waals surface area contributed by atoms with Crippen LogP contribution in [-0.2, 0) is 4.79 Å². The lowest BCUT2D eigenvalue weighted by atomic mass is 9.79. The third kappa shape index (κ3) is 4.12. The van der Waals surface area contributed by atoms with E-state index in [9.17, 15) is 14.7 Å². The summed E-state index contributed by atoms with van der Waals surface area (Å²) in [5.74, 6) is -0.249. The molecule has 4 unspecified atom stereocenters. The summed E-state index contributed by atoms with van der Waals surface area (Å²) in [7, 11) is 0. The van der Waals surface area contributed by atoms with Crippen molar-refractivity contribution < 1.29 is 14.7 Å². The van der Waals surface area contributed by atoms with E-state index in [1.54, 1.807) is 0 Å². The minimum atomic E-state index is -0.721. The molecule has 4 atom stereocenters. The number of carbonyl (C=O) groups is 2. The molecule has 0 heterocycles. The topological polar surface area (TPSA) is 78.4 Å². The first-order valence-corrected chi connectivity index (χ1v) is 7.83. The molecule has 0 aromatic rings. The number of aliphatic carboxylic acids is 1. The average molecular weight is 282 g/mol. The van der Waals surface area contributed by atoms with Gasteiger partial charge in [-0.15, -0.1) is 0 Å². The number of carboxylic acids is 1. The molecule has 0 bridgehead atoms. The zero-order valence-corrected chi connectivity index (χ0v) is 12.2. The molecule has 0 radical (unpaired) electrons. The van der Waals surface area contributed by atoms with Crippen LogP contribution >= 0.6 is 0 Å². The van der Waals surface area contributed by atoms with Gasteiger partial charge in [0.15, 0.2) is 0 Å². The predicted molar refractivity (Wildman–Crippen MR) is 76.4 cm³/mol. The van der Waals surface area contributed by atoms with E-state index in [4.69, 9.17) is 0 Å². The van der Waals surface area contributed by atoms with E-state index >= 15 is 0 Å². The first-order chi connectivity index (χ1) is 9.56. The van der Waals surface area contributed by atoms with E-state index in [0.717, 1.165) is 38.5 Å². The second kappa shape index (κ2) is 6.95. The summed E-state index contributed by atoms with van der Waals surface area (Å²) in [6, 6.07) is 0.144. The molecule has 0 spiro atoms. The molecule has 2 rings (SSSR count). The van der Waals surface area contributed by atoms with Crippen LogP contribution in [0.4, 0.5) is 4.79 Å². The van der Waals surface area contributed by atoms with Gasteiger partial charge in [0, 0.05) is 12.6 Å². The Bertz CT molecular complexity index is 359. The van der Waals surface area contributed by atoms with Gasteiger partial charge in [-0.1, -0.05) is 19.8 Å². The van der Waals surface area contributed by atoms with E-state index in [2.05, 4.69) is 17.6 Å². The van der Waals surface area contributed by atoms with Gasteiger partial charge in [0.1, 0.15) is 0 Å². The van der Waals surface area contributed by atoms with Crippen LogP contribution < -0.4 is 10.6 Å². The van der Waals surface area contributed by atoms with Crippen molar-refractivity contribution in [2.75, 3.05) is 6.54 Å². The highest BCUT2D eigenvalue weighted by Crippen LogP contribution is 2.29. The SMILES string of the molecule is CC1CCC(NC(=O)NCC2CCCCC2C(=O)O)C1. The van der Waals surface area contributed by atoms with Crippen molar-refractivity contribution in [1.82, 2.24) is 10.6 Å². The van der Waals surface area contributed by atoms with Crippen LogP contribution in [0.25, 0.3) is 0 Å². The number of rotatable bonds is 4. The average Bonchev–Trinajstić information content (AvgIpc) is 2.82. The molecular formula is C15H26N2O3. The summed E-state index contributed by atoms with van der Waals surface area (Å²) in [4.78, 5) is 23.1. The van der Waals surface area contributed by atoms with Gasteiger partial charge in [-0.25, -0.2) is 4.79 Å². The maximum Gasteiger partial charge on any atom is 0.315 e. The summed E-state index contributed by atoms with van der Waals surface area (Å²) in [6.45, 7) is 2.68. The van der Waals surface area contributed by atoms with E-state index in [0.29, 0.717) is 12.5 Å². The Labute approximate surface area is 120 Å². The second-order valence-corrected chi connectivity index (χ2v) is 6.46. The Kier molecular flexibility index (Phi) is 5.26. The Hall–Kier alpha value is -1.26. The maximum absolute atomic E-state index is 11.9. The van der Waals surface area contributed by atoms with E-state index < -0.39 is 5.97 Å². The lowest BCUT2D eigenvalue weighted by Crippen LogP contribution is -2.44. The summed E-state index contributed by atoms with van der Waals surface area (Å²) in [5.41, 5.74) is 0. The van der Waals surface area contributed by atoms with Crippen molar-refractivity contribution in [2.24, 2.45) is 17.8 Å². The minimum Gasteiger partial charge on any atom is -0.481 e. The lowest BCUT2D eigenvalue weighted by molar-refractivity contribution is -0.144. The van der Waals surface area contributed by atoms with E-state index in [1.807, 2.05) is 0 Å². The Morgan fingerprint density at radius 1 is 1.15 bits per heavy atom. The molecule has 0 aromatic heterocycles. The molecule has 2 fully saturated rings. The quantitative estimate of drug-likeness (QED) is 0.740. The third-order valence-corrected chi connectivity index (χ3v) is 4.78. The van der Waals surface area contributed by atoms with E-state index in [-0.39, 0.29) is 23.9 Å². The number of carboxylic acid groups (broad SMARTS) is 1. The molecule has 2 aliphatic carbocycles. The van der Waals surface area contributed by atoms with Crippen LogP contribution in [0.2, 0.25) is 0 Å². The van der Waals surface area contributed by atoms with Crippen LogP contribution in [0.3, 0.4) is 0 Å². The molecule has 2 saturated carbocycles. The van der Waals surface area contributed by atoms with Gasteiger partial charge < -0.3 is 15.7 Å². The highest BCUT2D eigenvalue weighted by molar-refractivity contribution is 5.74. The molecule has 0 aromatic carbocycles. The Morgan fingerprint density at radius 3 is 2.55 bits per heavy atom. The Balaban J connectivity index is 1.73. The van der Waals surface area contributed by atoms with Gasteiger partial charge >= 0.3 is 12.0 Å². The summed E-state index contributed by atoms with van der Waals surface area (Å²) < 4.78 is 0. The van der Waals surface area contributed by atoms with Crippen molar-refractivity contribution in [1.29, 1.82) is 0 Å². The van der Waals surface area contributed by atoms with Crippen molar-refractivity contribution in [3.8, 4) is 0 Å². The first-order valence-electron chi connectivity index (χ1n) is 7.83. The highest BCUT2D eigenvalue weighted by Gasteiger charge is 2.31. The molecule has 0 saturated heterocycles. The standard InChI is InChI=1S/C15H26N2O3/c1-10-6-7-12(8-10)17-15(20)16-9-11-4-2-3-5-13(11)14(18)19/h10-13H,2-9H2,1H3,(H,18,19)(H2,16,17,20). The maximum atomic E-state index is 11.9. The predicted octanol–water partition coefficient (Wildman–Crippen LogP) is 2.37. The molecule has 5 nitrogen and oxygen atoms in total. The van der Waals surface area contributed by atoms with Crippen LogP contribution in [0.5, 0.6) is 0 Å². The van der Waals surface area contributed by atoms with Crippen LogP contribution in [0.1, 0.15) is 51.9 Å². The third-order valence-electron chi connectivity index (χ3n) is 4.78. The first kappa shape index (κ1) is 15.1. The zero-order valence-electron chi connectivity index (χ0n) is 12.2. The fourth-order valence-corrected chi connectivity index (χ4v) is 3.58. The van der Waals surface area contributed by atoms with Crippen molar-refractivity contribution >= 4 is 12.0 Å². The van der Waals surface area contributed by atoms with Crippen molar-refractivity contribution in [3.05, 3.63) is 0 Å². The minimum absolute atomic E-state index is 0.0782. The van der Waals surface area contributed by atoms with Gasteiger partial charge in [0.2, 0.25) is 0 Å². The molecule has 114 valence electrons. The van der Waals surface area contributed by atoms with Crippen molar-refractivity contribution in [3.63, 3.8) is 0 Å². The smallest absolute Gasteiger partial charge is 0.315 e. The molecular weight excluding hydrogens is 256 g/mol. The molecule has 0 aliphatic heterocycles. The molecule has 2 aliphatic rings. The van der Waals surface area contributed by atoms with Gasteiger partial charge in [-0.2, -0.15) is 0 Å². The molecule has 2 amide bonds. The van der Waals surface area contributed by atoms with Crippen LogP contribution in [-0.4, -0.2) is 29.7 Å². The number of amides is 2.